The van der Waals surface area contributed by atoms with Crippen molar-refractivity contribution in [3.05, 3.63) is 52.9 Å². The summed E-state index contributed by atoms with van der Waals surface area (Å²) in [4.78, 5) is 2.26. The normalized spacial score (nSPS) is 10.8. The van der Waals surface area contributed by atoms with Crippen molar-refractivity contribution < 1.29 is 4.42 Å². The highest BCUT2D eigenvalue weighted by Crippen LogP contribution is 2.15. The minimum Gasteiger partial charge on any atom is -0.472 e. The lowest BCUT2D eigenvalue weighted by Gasteiger charge is -2.16. The van der Waals surface area contributed by atoms with Crippen molar-refractivity contribution in [2.45, 2.75) is 6.54 Å². The molecule has 0 aliphatic carbocycles. The molecule has 0 spiro atoms. The number of nitrogens with one attached hydrogen (secondary N) is 1. The molecule has 96 valence electrons. The number of rotatable bonds is 6. The number of hydrogen-bond donors (Lipinski definition) is 1. The van der Waals surface area contributed by atoms with E-state index in [2.05, 4.69) is 45.3 Å². The highest BCUT2D eigenvalue weighted by molar-refractivity contribution is 9.10. The molecule has 1 heterocycles. The first-order chi connectivity index (χ1) is 8.74. The molecule has 0 radical (unpaired) electrons. The second kappa shape index (κ2) is 6.61. The fraction of sp³-hybridized carbons (Fsp3) is 0.286. The SMILES string of the molecule is CN(CCNc1cccc(Br)c1)Cc1ccoc1. The molecule has 0 saturated heterocycles. The minimum absolute atomic E-state index is 0.913. The van der Waals surface area contributed by atoms with E-state index in [1.165, 1.54) is 5.56 Å². The number of furan rings is 1. The summed E-state index contributed by atoms with van der Waals surface area (Å²) >= 11 is 3.46. The van der Waals surface area contributed by atoms with Gasteiger partial charge in [-0.05, 0) is 31.3 Å². The standard InChI is InChI=1S/C14H17BrN2O/c1-17(10-12-5-8-18-11-12)7-6-16-14-4-2-3-13(15)9-14/h2-5,8-9,11,16H,6-7,10H2,1H3. The van der Waals surface area contributed by atoms with E-state index in [1.54, 1.807) is 12.5 Å². The number of halogens is 1. The zero-order valence-electron chi connectivity index (χ0n) is 10.4. The van der Waals surface area contributed by atoms with Gasteiger partial charge in [-0.3, -0.25) is 0 Å². The fourth-order valence-corrected chi connectivity index (χ4v) is 2.16. The fourth-order valence-electron chi connectivity index (χ4n) is 1.76. The molecule has 18 heavy (non-hydrogen) atoms. The van der Waals surface area contributed by atoms with Crippen molar-refractivity contribution in [3.8, 4) is 0 Å². The van der Waals surface area contributed by atoms with Crippen LogP contribution in [0.1, 0.15) is 5.56 Å². The first kappa shape index (κ1) is 13.2. The third-order valence-corrected chi connectivity index (χ3v) is 3.17. The van der Waals surface area contributed by atoms with Crippen molar-refractivity contribution in [3.63, 3.8) is 0 Å². The second-order valence-electron chi connectivity index (χ2n) is 4.31. The monoisotopic (exact) mass is 308 g/mol. The van der Waals surface area contributed by atoms with Crippen molar-refractivity contribution in [1.29, 1.82) is 0 Å². The van der Waals surface area contributed by atoms with E-state index in [9.17, 15) is 0 Å². The molecule has 1 aromatic heterocycles. The van der Waals surface area contributed by atoms with Gasteiger partial charge in [-0.15, -0.1) is 0 Å². The Morgan fingerprint density at radius 3 is 2.94 bits per heavy atom. The van der Waals surface area contributed by atoms with Crippen LogP contribution in [0.2, 0.25) is 0 Å². The van der Waals surface area contributed by atoms with E-state index in [1.807, 2.05) is 18.2 Å². The smallest absolute Gasteiger partial charge is 0.0947 e. The Hall–Kier alpha value is -1.26. The number of hydrogen-bond acceptors (Lipinski definition) is 3. The molecule has 0 saturated carbocycles. The summed E-state index contributed by atoms with van der Waals surface area (Å²) in [5, 5.41) is 3.40. The van der Waals surface area contributed by atoms with Gasteiger partial charge in [0.2, 0.25) is 0 Å². The Morgan fingerprint density at radius 1 is 1.33 bits per heavy atom. The van der Waals surface area contributed by atoms with Gasteiger partial charge < -0.3 is 14.6 Å². The van der Waals surface area contributed by atoms with Crippen LogP contribution in [0.15, 0.2) is 51.7 Å². The molecule has 0 amide bonds. The van der Waals surface area contributed by atoms with E-state index >= 15 is 0 Å². The van der Waals surface area contributed by atoms with E-state index < -0.39 is 0 Å². The summed E-state index contributed by atoms with van der Waals surface area (Å²) in [6.07, 6.45) is 3.50. The third kappa shape index (κ3) is 4.20. The van der Waals surface area contributed by atoms with Crippen LogP contribution in [0.3, 0.4) is 0 Å². The van der Waals surface area contributed by atoms with E-state index in [4.69, 9.17) is 4.42 Å². The van der Waals surface area contributed by atoms with Crippen LogP contribution in [-0.2, 0) is 6.54 Å². The molecule has 3 nitrogen and oxygen atoms in total. The molecule has 1 N–H and O–H groups in total. The van der Waals surface area contributed by atoms with Gasteiger partial charge in [0.15, 0.2) is 0 Å². The average Bonchev–Trinajstić information content (AvgIpc) is 2.82. The highest BCUT2D eigenvalue weighted by atomic mass is 79.9. The van der Waals surface area contributed by atoms with E-state index in [-0.39, 0.29) is 0 Å². The summed E-state index contributed by atoms with van der Waals surface area (Å²) in [5.74, 6) is 0. The maximum Gasteiger partial charge on any atom is 0.0947 e. The van der Waals surface area contributed by atoms with Crippen LogP contribution in [0, 0.1) is 0 Å². The Bertz CT molecular complexity index is 470. The van der Waals surface area contributed by atoms with Gasteiger partial charge in [0.1, 0.15) is 0 Å². The Kier molecular flexibility index (Phi) is 4.84. The molecule has 0 bridgehead atoms. The summed E-state index contributed by atoms with van der Waals surface area (Å²) in [6.45, 7) is 2.82. The third-order valence-electron chi connectivity index (χ3n) is 2.68. The summed E-state index contributed by atoms with van der Waals surface area (Å²) < 4.78 is 6.15. The molecular weight excluding hydrogens is 292 g/mol. The first-order valence-corrected chi connectivity index (χ1v) is 6.72. The van der Waals surface area contributed by atoms with Gasteiger partial charge in [-0.1, -0.05) is 22.0 Å². The summed E-state index contributed by atoms with van der Waals surface area (Å²) in [5.41, 5.74) is 2.35. The van der Waals surface area contributed by atoms with Crippen LogP contribution in [0.25, 0.3) is 0 Å². The maximum atomic E-state index is 5.05. The lowest BCUT2D eigenvalue weighted by molar-refractivity contribution is 0.338. The van der Waals surface area contributed by atoms with Crippen molar-refractivity contribution in [2.75, 3.05) is 25.5 Å². The zero-order valence-corrected chi connectivity index (χ0v) is 12.0. The quantitative estimate of drug-likeness (QED) is 0.884. The number of likely N-dealkylation sites (N-methyl/N-ethyl adjacent to an activating group) is 1. The van der Waals surface area contributed by atoms with Gasteiger partial charge in [0, 0.05) is 35.4 Å². The largest absolute Gasteiger partial charge is 0.472 e. The lowest BCUT2D eigenvalue weighted by Crippen LogP contribution is -2.24. The molecule has 2 rings (SSSR count). The van der Waals surface area contributed by atoms with Gasteiger partial charge in [0.25, 0.3) is 0 Å². The molecule has 0 atom stereocenters. The van der Waals surface area contributed by atoms with Crippen LogP contribution >= 0.6 is 15.9 Å². The van der Waals surface area contributed by atoms with Crippen LogP contribution in [-0.4, -0.2) is 25.0 Å². The number of anilines is 1. The average molecular weight is 309 g/mol. The topological polar surface area (TPSA) is 28.4 Å². The van der Waals surface area contributed by atoms with Crippen molar-refractivity contribution >= 4 is 21.6 Å². The van der Waals surface area contributed by atoms with Gasteiger partial charge in [-0.25, -0.2) is 0 Å². The van der Waals surface area contributed by atoms with Gasteiger partial charge in [-0.2, -0.15) is 0 Å². The molecule has 0 aliphatic heterocycles. The molecule has 0 fully saturated rings. The second-order valence-corrected chi connectivity index (χ2v) is 5.22. The van der Waals surface area contributed by atoms with Gasteiger partial charge in [0.05, 0.1) is 12.5 Å². The van der Waals surface area contributed by atoms with E-state index in [0.717, 1.165) is 29.8 Å². The molecule has 2 aromatic rings. The van der Waals surface area contributed by atoms with Crippen molar-refractivity contribution in [1.82, 2.24) is 4.90 Å². The number of benzene rings is 1. The Balaban J connectivity index is 1.72. The van der Waals surface area contributed by atoms with Gasteiger partial charge >= 0.3 is 0 Å². The summed E-state index contributed by atoms with van der Waals surface area (Å²) in [6, 6.07) is 10.2. The minimum atomic E-state index is 0.913. The van der Waals surface area contributed by atoms with Crippen LogP contribution in [0.5, 0.6) is 0 Å². The maximum absolute atomic E-state index is 5.05. The number of nitrogens with zero attached hydrogens (tertiary/aromatic N) is 1. The van der Waals surface area contributed by atoms with Crippen LogP contribution < -0.4 is 5.32 Å². The predicted octanol–water partition coefficient (Wildman–Crippen LogP) is 3.59. The molecular formula is C14H17BrN2O. The molecule has 0 aliphatic rings. The van der Waals surface area contributed by atoms with Crippen molar-refractivity contribution in [2.24, 2.45) is 0 Å². The molecule has 1 aromatic carbocycles. The first-order valence-electron chi connectivity index (χ1n) is 5.93. The predicted molar refractivity (Wildman–Crippen MR) is 77.7 cm³/mol. The highest BCUT2D eigenvalue weighted by Gasteiger charge is 2.01. The lowest BCUT2D eigenvalue weighted by atomic mass is 10.3. The Labute approximate surface area is 116 Å². The van der Waals surface area contributed by atoms with Crippen LogP contribution in [0.4, 0.5) is 5.69 Å². The zero-order chi connectivity index (χ0) is 12.8. The molecule has 0 unspecified atom stereocenters. The summed E-state index contributed by atoms with van der Waals surface area (Å²) in [7, 11) is 2.11. The van der Waals surface area contributed by atoms with E-state index in [0.29, 0.717) is 0 Å². The molecule has 4 heteroatoms. The Morgan fingerprint density at radius 2 is 2.22 bits per heavy atom.